The third-order valence-electron chi connectivity index (χ3n) is 4.58. The third-order valence-corrected chi connectivity index (χ3v) is 4.58. The van der Waals surface area contributed by atoms with Crippen molar-refractivity contribution in [3.05, 3.63) is 35.6 Å². The number of rotatable bonds is 5. The Morgan fingerprint density at radius 1 is 1.16 bits per heavy atom. The van der Waals surface area contributed by atoms with Crippen LogP contribution in [0.5, 0.6) is 5.75 Å². The van der Waals surface area contributed by atoms with Crippen molar-refractivity contribution in [2.75, 3.05) is 6.61 Å². The summed E-state index contributed by atoms with van der Waals surface area (Å²) in [4.78, 5) is 0. The molecule has 0 radical (unpaired) electrons. The summed E-state index contributed by atoms with van der Waals surface area (Å²) in [7, 11) is -1.10. The maximum atomic E-state index is 14.8. The Morgan fingerprint density at radius 2 is 1.72 bits per heavy atom. The topological polar surface area (TPSA) is 27.7 Å². The summed E-state index contributed by atoms with van der Waals surface area (Å²) in [6.45, 7) is 9.00. The molecule has 1 fully saturated rings. The molecule has 0 amide bonds. The summed E-state index contributed by atoms with van der Waals surface area (Å²) in [5.41, 5.74) is -1.01. The summed E-state index contributed by atoms with van der Waals surface area (Å²) in [6.07, 6.45) is 0. The molecule has 2 rings (SSSR count). The SMILES string of the molecule is CC(=C(F)B1OC(C)(C)C(C)(C)O1)c1cccc(OCC(C)(F)F)c1. The van der Waals surface area contributed by atoms with Crippen LogP contribution < -0.4 is 4.74 Å². The van der Waals surface area contributed by atoms with Gasteiger partial charge in [-0.15, -0.1) is 0 Å². The zero-order chi connectivity index (χ0) is 19.0. The van der Waals surface area contributed by atoms with Gasteiger partial charge in [0.2, 0.25) is 0 Å². The molecule has 0 spiro atoms. The molecular weight excluding hydrogens is 332 g/mol. The van der Waals surface area contributed by atoms with Crippen LogP contribution in [-0.2, 0) is 9.31 Å². The monoisotopic (exact) mass is 356 g/mol. The summed E-state index contributed by atoms with van der Waals surface area (Å²) in [5.74, 6) is -2.69. The van der Waals surface area contributed by atoms with Crippen molar-refractivity contribution in [2.45, 2.75) is 58.7 Å². The Kier molecular flexibility index (Phi) is 5.31. The summed E-state index contributed by atoms with van der Waals surface area (Å²) in [6, 6.07) is 6.37. The van der Waals surface area contributed by atoms with E-state index in [0.717, 1.165) is 6.92 Å². The third kappa shape index (κ3) is 4.58. The first-order valence-electron chi connectivity index (χ1n) is 8.15. The van der Waals surface area contributed by atoms with E-state index in [2.05, 4.69) is 0 Å². The first-order chi connectivity index (χ1) is 11.3. The molecule has 25 heavy (non-hydrogen) atoms. The van der Waals surface area contributed by atoms with E-state index in [9.17, 15) is 13.2 Å². The summed E-state index contributed by atoms with van der Waals surface area (Å²) < 4.78 is 57.2. The molecule has 0 atom stereocenters. The highest BCUT2D eigenvalue weighted by Gasteiger charge is 2.53. The minimum absolute atomic E-state index is 0.250. The molecule has 0 bridgehead atoms. The standard InChI is InChI=1S/C18H24BF3O3/c1-12(15(20)19-24-16(2,3)17(4,5)25-19)13-8-7-9-14(10-13)23-11-18(6,21)22/h7-10H,11H2,1-6H3. The van der Waals surface area contributed by atoms with Gasteiger partial charge in [-0.25, -0.2) is 13.2 Å². The number of alkyl halides is 2. The van der Waals surface area contributed by atoms with Crippen molar-refractivity contribution >= 4 is 12.7 Å². The van der Waals surface area contributed by atoms with E-state index in [1.807, 2.05) is 27.7 Å². The summed E-state index contributed by atoms with van der Waals surface area (Å²) in [5, 5.41) is 0. The lowest BCUT2D eigenvalue weighted by molar-refractivity contribution is -0.0229. The van der Waals surface area contributed by atoms with Gasteiger partial charge in [-0.3, -0.25) is 0 Å². The lowest BCUT2D eigenvalue weighted by Crippen LogP contribution is -2.41. The maximum Gasteiger partial charge on any atom is 0.525 e. The van der Waals surface area contributed by atoms with E-state index < -0.39 is 36.6 Å². The first-order valence-corrected chi connectivity index (χ1v) is 8.15. The van der Waals surface area contributed by atoms with Crippen LogP contribution in [0.4, 0.5) is 13.2 Å². The molecule has 0 N–H and O–H groups in total. The van der Waals surface area contributed by atoms with Crippen LogP contribution in [0.3, 0.4) is 0 Å². The van der Waals surface area contributed by atoms with Crippen LogP contribution in [0.2, 0.25) is 0 Å². The van der Waals surface area contributed by atoms with Gasteiger partial charge < -0.3 is 14.0 Å². The minimum atomic E-state index is -2.94. The predicted molar refractivity (Wildman–Crippen MR) is 92.3 cm³/mol. The molecule has 1 aliphatic rings. The second-order valence-electron chi connectivity index (χ2n) is 7.45. The van der Waals surface area contributed by atoms with E-state index in [4.69, 9.17) is 14.0 Å². The van der Waals surface area contributed by atoms with Crippen LogP contribution in [0.25, 0.3) is 5.57 Å². The molecule has 138 valence electrons. The van der Waals surface area contributed by atoms with Gasteiger partial charge in [0, 0.05) is 6.92 Å². The fourth-order valence-electron chi connectivity index (χ4n) is 2.29. The van der Waals surface area contributed by atoms with E-state index >= 15 is 0 Å². The van der Waals surface area contributed by atoms with Gasteiger partial charge in [0.1, 0.15) is 11.5 Å². The molecule has 1 aromatic carbocycles. The average Bonchev–Trinajstić information content (AvgIpc) is 2.71. The molecule has 0 aliphatic carbocycles. The predicted octanol–water partition coefficient (Wildman–Crippen LogP) is 5.05. The highest BCUT2D eigenvalue weighted by atomic mass is 19.3. The Morgan fingerprint density at radius 3 is 2.24 bits per heavy atom. The smallest absolute Gasteiger partial charge is 0.487 e. The molecular formula is C18H24BF3O3. The highest BCUT2D eigenvalue weighted by molar-refractivity contribution is 6.55. The Labute approximate surface area is 147 Å². The van der Waals surface area contributed by atoms with Crippen molar-refractivity contribution < 1.29 is 27.2 Å². The van der Waals surface area contributed by atoms with Crippen molar-refractivity contribution in [1.29, 1.82) is 0 Å². The van der Waals surface area contributed by atoms with Gasteiger partial charge >= 0.3 is 7.12 Å². The molecule has 0 saturated carbocycles. The van der Waals surface area contributed by atoms with Crippen molar-refractivity contribution in [3.63, 3.8) is 0 Å². The number of benzene rings is 1. The number of ether oxygens (including phenoxy) is 1. The van der Waals surface area contributed by atoms with E-state index in [1.54, 1.807) is 25.1 Å². The quantitative estimate of drug-likeness (QED) is 0.691. The van der Waals surface area contributed by atoms with Crippen molar-refractivity contribution in [1.82, 2.24) is 0 Å². The molecule has 1 saturated heterocycles. The fraction of sp³-hybridized carbons (Fsp3) is 0.556. The Hall–Kier alpha value is -1.47. The van der Waals surface area contributed by atoms with Gasteiger partial charge in [0.05, 0.1) is 11.2 Å². The minimum Gasteiger partial charge on any atom is -0.487 e. The first kappa shape index (κ1) is 19.9. The average molecular weight is 356 g/mol. The number of hydrogen-bond acceptors (Lipinski definition) is 3. The van der Waals surface area contributed by atoms with Crippen LogP contribution >= 0.6 is 0 Å². The molecule has 1 heterocycles. The maximum absolute atomic E-state index is 14.8. The van der Waals surface area contributed by atoms with E-state index in [1.165, 1.54) is 6.07 Å². The van der Waals surface area contributed by atoms with Crippen LogP contribution in [0.1, 0.15) is 47.1 Å². The second-order valence-corrected chi connectivity index (χ2v) is 7.45. The largest absolute Gasteiger partial charge is 0.525 e. The number of allylic oxidation sites excluding steroid dienone is 1. The number of hydrogen-bond donors (Lipinski definition) is 0. The Bertz CT molecular complexity index is 650. The molecule has 0 aromatic heterocycles. The lowest BCUT2D eigenvalue weighted by Gasteiger charge is -2.32. The summed E-state index contributed by atoms with van der Waals surface area (Å²) >= 11 is 0. The Balaban J connectivity index is 2.22. The van der Waals surface area contributed by atoms with Gasteiger partial charge in [-0.1, -0.05) is 12.1 Å². The zero-order valence-corrected chi connectivity index (χ0v) is 15.5. The van der Waals surface area contributed by atoms with Crippen LogP contribution in [-0.4, -0.2) is 30.8 Å². The van der Waals surface area contributed by atoms with E-state index in [-0.39, 0.29) is 5.75 Å². The second kappa shape index (κ2) is 6.69. The fourth-order valence-corrected chi connectivity index (χ4v) is 2.29. The van der Waals surface area contributed by atoms with Crippen LogP contribution in [0.15, 0.2) is 30.0 Å². The van der Waals surface area contributed by atoms with Gasteiger partial charge in [-0.05, 0) is 57.9 Å². The van der Waals surface area contributed by atoms with E-state index in [0.29, 0.717) is 11.1 Å². The van der Waals surface area contributed by atoms with Gasteiger partial charge in [-0.2, -0.15) is 0 Å². The number of halogens is 3. The lowest BCUT2D eigenvalue weighted by atomic mass is 9.83. The normalized spacial score (nSPS) is 20.4. The van der Waals surface area contributed by atoms with Crippen LogP contribution in [0, 0.1) is 0 Å². The van der Waals surface area contributed by atoms with Crippen molar-refractivity contribution in [3.8, 4) is 5.75 Å². The zero-order valence-electron chi connectivity index (χ0n) is 15.5. The highest BCUT2D eigenvalue weighted by Crippen LogP contribution is 2.40. The molecule has 3 nitrogen and oxygen atoms in total. The molecule has 1 aromatic rings. The van der Waals surface area contributed by atoms with Gasteiger partial charge in [0.15, 0.2) is 6.61 Å². The molecule has 1 aliphatic heterocycles. The molecule has 0 unspecified atom stereocenters. The molecule has 7 heteroatoms. The van der Waals surface area contributed by atoms with Crippen molar-refractivity contribution in [2.24, 2.45) is 0 Å². The van der Waals surface area contributed by atoms with Gasteiger partial charge in [0.25, 0.3) is 5.92 Å².